The van der Waals surface area contributed by atoms with Crippen molar-refractivity contribution in [2.75, 3.05) is 29.2 Å². The summed E-state index contributed by atoms with van der Waals surface area (Å²) >= 11 is 0. The van der Waals surface area contributed by atoms with Crippen molar-refractivity contribution in [3.05, 3.63) is 48.0 Å². The molecule has 0 aliphatic carbocycles. The summed E-state index contributed by atoms with van der Waals surface area (Å²) in [5, 5.41) is 5.14. The van der Waals surface area contributed by atoms with Crippen molar-refractivity contribution in [2.45, 2.75) is 19.8 Å². The lowest BCUT2D eigenvalue weighted by Crippen LogP contribution is -2.29. The van der Waals surface area contributed by atoms with E-state index in [2.05, 4.69) is 10.6 Å². The van der Waals surface area contributed by atoms with Crippen molar-refractivity contribution in [3.63, 3.8) is 0 Å². The number of carbonyl (C=O) groups is 3. The van der Waals surface area contributed by atoms with E-state index in [1.54, 1.807) is 35.2 Å². The van der Waals surface area contributed by atoms with Crippen molar-refractivity contribution in [3.8, 4) is 5.75 Å². The van der Waals surface area contributed by atoms with Crippen LogP contribution in [0.2, 0.25) is 0 Å². The SMILES string of the molecule is COc1cc(NC(=O)C(=O)Nc2ccccc2C)ccc1N1CCCC1=O. The van der Waals surface area contributed by atoms with E-state index < -0.39 is 11.8 Å². The standard InChI is InChI=1S/C20H21N3O4/c1-13-6-3-4-7-15(13)22-20(26)19(25)21-14-9-10-16(17(12-14)27-2)23-11-5-8-18(23)24/h3-4,6-7,9-10,12H,5,8,11H2,1-2H3,(H,21,25)(H,22,26). The number of carbonyl (C=O) groups excluding carboxylic acids is 3. The van der Waals surface area contributed by atoms with Gasteiger partial charge < -0.3 is 20.3 Å². The molecule has 0 atom stereocenters. The smallest absolute Gasteiger partial charge is 0.314 e. The summed E-state index contributed by atoms with van der Waals surface area (Å²) in [5.41, 5.74) is 2.51. The Bertz CT molecular complexity index is 895. The van der Waals surface area contributed by atoms with Gasteiger partial charge in [-0.3, -0.25) is 14.4 Å². The van der Waals surface area contributed by atoms with E-state index in [0.717, 1.165) is 12.0 Å². The molecule has 0 spiro atoms. The largest absolute Gasteiger partial charge is 0.494 e. The summed E-state index contributed by atoms with van der Waals surface area (Å²) in [6.45, 7) is 2.48. The average Bonchev–Trinajstić information content (AvgIpc) is 3.09. The maximum absolute atomic E-state index is 12.2. The maximum Gasteiger partial charge on any atom is 0.314 e. The van der Waals surface area contributed by atoms with Crippen LogP contribution in [0.4, 0.5) is 17.1 Å². The summed E-state index contributed by atoms with van der Waals surface area (Å²) in [6.07, 6.45) is 1.32. The molecule has 0 saturated carbocycles. The number of aryl methyl sites for hydroxylation is 1. The molecule has 7 nitrogen and oxygen atoms in total. The first kappa shape index (κ1) is 18.4. The van der Waals surface area contributed by atoms with E-state index in [9.17, 15) is 14.4 Å². The van der Waals surface area contributed by atoms with Gasteiger partial charge in [-0.2, -0.15) is 0 Å². The highest BCUT2D eigenvalue weighted by Crippen LogP contribution is 2.33. The third-order valence-corrected chi connectivity index (χ3v) is 4.40. The molecule has 1 fully saturated rings. The quantitative estimate of drug-likeness (QED) is 0.814. The van der Waals surface area contributed by atoms with Gasteiger partial charge in [0.15, 0.2) is 0 Å². The molecule has 3 rings (SSSR count). The fraction of sp³-hybridized carbons (Fsp3) is 0.250. The molecule has 0 unspecified atom stereocenters. The summed E-state index contributed by atoms with van der Waals surface area (Å²) in [6, 6.07) is 12.1. The van der Waals surface area contributed by atoms with Gasteiger partial charge in [0.05, 0.1) is 12.8 Å². The van der Waals surface area contributed by atoms with Gasteiger partial charge in [0.25, 0.3) is 0 Å². The van der Waals surface area contributed by atoms with Crippen LogP contribution in [0.15, 0.2) is 42.5 Å². The monoisotopic (exact) mass is 367 g/mol. The first-order chi connectivity index (χ1) is 13.0. The van der Waals surface area contributed by atoms with Crippen LogP contribution in [0.3, 0.4) is 0 Å². The van der Waals surface area contributed by atoms with Crippen molar-refractivity contribution < 1.29 is 19.1 Å². The Kier molecular flexibility index (Phi) is 5.40. The molecule has 1 aliphatic heterocycles. The number of amides is 3. The second-order valence-corrected chi connectivity index (χ2v) is 6.26. The number of ether oxygens (including phenoxy) is 1. The van der Waals surface area contributed by atoms with E-state index in [1.807, 2.05) is 19.1 Å². The molecule has 140 valence electrons. The second-order valence-electron chi connectivity index (χ2n) is 6.26. The van der Waals surface area contributed by atoms with Crippen LogP contribution in [0, 0.1) is 6.92 Å². The zero-order chi connectivity index (χ0) is 19.4. The predicted octanol–water partition coefficient (Wildman–Crippen LogP) is 2.71. The topological polar surface area (TPSA) is 87.7 Å². The first-order valence-corrected chi connectivity index (χ1v) is 8.66. The Morgan fingerprint density at radius 2 is 1.81 bits per heavy atom. The average molecular weight is 367 g/mol. The molecule has 27 heavy (non-hydrogen) atoms. The van der Waals surface area contributed by atoms with Crippen LogP contribution in [0.5, 0.6) is 5.75 Å². The first-order valence-electron chi connectivity index (χ1n) is 8.66. The minimum atomic E-state index is -0.787. The van der Waals surface area contributed by atoms with E-state index in [1.165, 1.54) is 7.11 Å². The molecule has 3 amide bonds. The molecular weight excluding hydrogens is 346 g/mol. The van der Waals surface area contributed by atoms with Gasteiger partial charge in [0.2, 0.25) is 5.91 Å². The highest BCUT2D eigenvalue weighted by molar-refractivity contribution is 6.43. The number of anilines is 3. The lowest BCUT2D eigenvalue weighted by molar-refractivity contribution is -0.133. The summed E-state index contributed by atoms with van der Waals surface area (Å²) < 4.78 is 5.35. The second kappa shape index (κ2) is 7.90. The highest BCUT2D eigenvalue weighted by atomic mass is 16.5. The van der Waals surface area contributed by atoms with Crippen molar-refractivity contribution in [1.82, 2.24) is 0 Å². The molecule has 0 aromatic heterocycles. The van der Waals surface area contributed by atoms with Gasteiger partial charge in [0.1, 0.15) is 5.75 Å². The molecule has 2 aromatic carbocycles. The Morgan fingerprint density at radius 1 is 1.07 bits per heavy atom. The lowest BCUT2D eigenvalue weighted by atomic mass is 10.2. The van der Waals surface area contributed by atoms with Gasteiger partial charge >= 0.3 is 11.8 Å². The van der Waals surface area contributed by atoms with Gasteiger partial charge in [-0.25, -0.2) is 0 Å². The number of benzene rings is 2. The number of para-hydroxylation sites is 1. The molecule has 1 aliphatic rings. The number of hydrogen-bond donors (Lipinski definition) is 2. The molecule has 1 saturated heterocycles. The van der Waals surface area contributed by atoms with E-state index in [0.29, 0.717) is 35.8 Å². The van der Waals surface area contributed by atoms with Crippen molar-refractivity contribution in [2.24, 2.45) is 0 Å². The van der Waals surface area contributed by atoms with E-state index in [4.69, 9.17) is 4.74 Å². The Morgan fingerprint density at radius 3 is 2.48 bits per heavy atom. The zero-order valence-corrected chi connectivity index (χ0v) is 15.2. The fourth-order valence-electron chi connectivity index (χ4n) is 2.96. The molecular formula is C20H21N3O4. The van der Waals surface area contributed by atoms with Crippen molar-refractivity contribution >= 4 is 34.8 Å². The van der Waals surface area contributed by atoms with Crippen LogP contribution in [-0.4, -0.2) is 31.4 Å². The zero-order valence-electron chi connectivity index (χ0n) is 15.2. The third-order valence-electron chi connectivity index (χ3n) is 4.40. The van der Waals surface area contributed by atoms with Crippen LogP contribution >= 0.6 is 0 Å². The highest BCUT2D eigenvalue weighted by Gasteiger charge is 2.25. The molecule has 7 heteroatoms. The van der Waals surface area contributed by atoms with Gasteiger partial charge in [-0.15, -0.1) is 0 Å². The van der Waals surface area contributed by atoms with Crippen LogP contribution in [-0.2, 0) is 14.4 Å². The lowest BCUT2D eigenvalue weighted by Gasteiger charge is -2.19. The normalized spacial score (nSPS) is 13.4. The summed E-state index contributed by atoms with van der Waals surface area (Å²) in [5.74, 6) is -1.04. The Labute approximate surface area is 157 Å². The summed E-state index contributed by atoms with van der Waals surface area (Å²) in [4.78, 5) is 37.9. The number of hydrogen-bond acceptors (Lipinski definition) is 4. The molecule has 2 N–H and O–H groups in total. The van der Waals surface area contributed by atoms with Gasteiger partial charge in [-0.1, -0.05) is 18.2 Å². The molecule has 0 radical (unpaired) electrons. The van der Waals surface area contributed by atoms with Gasteiger partial charge in [-0.05, 0) is 37.1 Å². The minimum Gasteiger partial charge on any atom is -0.494 e. The summed E-state index contributed by atoms with van der Waals surface area (Å²) in [7, 11) is 1.50. The number of methoxy groups -OCH3 is 1. The van der Waals surface area contributed by atoms with Gasteiger partial charge in [0, 0.05) is 30.4 Å². The van der Waals surface area contributed by atoms with E-state index in [-0.39, 0.29) is 5.91 Å². The molecule has 0 bridgehead atoms. The van der Waals surface area contributed by atoms with Crippen LogP contribution in [0.1, 0.15) is 18.4 Å². The maximum atomic E-state index is 12.2. The molecule has 2 aromatic rings. The Hall–Kier alpha value is -3.35. The number of nitrogens with zero attached hydrogens (tertiary/aromatic N) is 1. The molecule has 1 heterocycles. The number of nitrogens with one attached hydrogen (secondary N) is 2. The minimum absolute atomic E-state index is 0.0442. The third kappa shape index (κ3) is 4.08. The number of rotatable bonds is 4. The fourth-order valence-corrected chi connectivity index (χ4v) is 2.96. The predicted molar refractivity (Wildman–Crippen MR) is 103 cm³/mol. The van der Waals surface area contributed by atoms with E-state index >= 15 is 0 Å². The van der Waals surface area contributed by atoms with Crippen LogP contribution in [0.25, 0.3) is 0 Å². The van der Waals surface area contributed by atoms with Crippen molar-refractivity contribution in [1.29, 1.82) is 0 Å². The van der Waals surface area contributed by atoms with Crippen LogP contribution < -0.4 is 20.3 Å². The Balaban J connectivity index is 1.71.